The summed E-state index contributed by atoms with van der Waals surface area (Å²) in [6, 6.07) is 0.318. The van der Waals surface area contributed by atoms with Gasteiger partial charge in [0.1, 0.15) is 0 Å². The normalized spacial score (nSPS) is 21.0. The van der Waals surface area contributed by atoms with Crippen LogP contribution in [0.4, 0.5) is 0 Å². The van der Waals surface area contributed by atoms with Crippen LogP contribution >= 0.6 is 0 Å². The Morgan fingerprint density at radius 3 is 2.57 bits per heavy atom. The highest BCUT2D eigenvalue weighted by Gasteiger charge is 2.13. The second-order valence-corrected chi connectivity index (χ2v) is 4.53. The van der Waals surface area contributed by atoms with Gasteiger partial charge in [0.05, 0.1) is 6.61 Å². The molecule has 84 valence electrons. The van der Waals surface area contributed by atoms with Crippen LogP contribution in [0.2, 0.25) is 0 Å². The third-order valence-corrected chi connectivity index (χ3v) is 3.42. The van der Waals surface area contributed by atoms with Crippen molar-refractivity contribution in [2.24, 2.45) is 5.92 Å². The molecule has 0 saturated heterocycles. The molecular formula is C12H25NO. The SMILES string of the molecule is CCC(CO)NCCC1CCCCC1. The topological polar surface area (TPSA) is 32.3 Å². The summed E-state index contributed by atoms with van der Waals surface area (Å²) in [5.41, 5.74) is 0. The van der Waals surface area contributed by atoms with Crippen LogP contribution in [0.3, 0.4) is 0 Å². The van der Waals surface area contributed by atoms with Crippen molar-refractivity contribution in [3.05, 3.63) is 0 Å². The Hall–Kier alpha value is -0.0800. The van der Waals surface area contributed by atoms with E-state index in [1.807, 2.05) is 0 Å². The maximum atomic E-state index is 9.00. The molecule has 1 rings (SSSR count). The lowest BCUT2D eigenvalue weighted by molar-refractivity contribution is 0.233. The minimum atomic E-state index is 0.279. The van der Waals surface area contributed by atoms with Crippen molar-refractivity contribution in [2.75, 3.05) is 13.2 Å². The van der Waals surface area contributed by atoms with Gasteiger partial charge >= 0.3 is 0 Å². The van der Waals surface area contributed by atoms with Crippen LogP contribution in [0, 0.1) is 5.92 Å². The zero-order chi connectivity index (χ0) is 10.2. The van der Waals surface area contributed by atoms with Crippen molar-refractivity contribution >= 4 is 0 Å². The highest BCUT2D eigenvalue weighted by Crippen LogP contribution is 2.25. The van der Waals surface area contributed by atoms with Gasteiger partial charge in [0, 0.05) is 6.04 Å². The molecule has 2 heteroatoms. The summed E-state index contributed by atoms with van der Waals surface area (Å²) in [5, 5.41) is 12.4. The van der Waals surface area contributed by atoms with Gasteiger partial charge in [0.25, 0.3) is 0 Å². The van der Waals surface area contributed by atoms with Crippen molar-refractivity contribution in [1.29, 1.82) is 0 Å². The molecule has 1 saturated carbocycles. The van der Waals surface area contributed by atoms with Crippen LogP contribution in [-0.4, -0.2) is 24.3 Å². The molecule has 1 unspecified atom stereocenters. The maximum absolute atomic E-state index is 9.00. The van der Waals surface area contributed by atoms with Crippen LogP contribution in [0.1, 0.15) is 51.9 Å². The molecule has 1 aliphatic rings. The number of aliphatic hydroxyl groups is 1. The third-order valence-electron chi connectivity index (χ3n) is 3.42. The van der Waals surface area contributed by atoms with Crippen LogP contribution < -0.4 is 5.32 Å². The van der Waals surface area contributed by atoms with Gasteiger partial charge in [0.2, 0.25) is 0 Å². The van der Waals surface area contributed by atoms with Crippen LogP contribution in [0.25, 0.3) is 0 Å². The third kappa shape index (κ3) is 4.43. The van der Waals surface area contributed by atoms with E-state index in [9.17, 15) is 0 Å². The Labute approximate surface area is 88.1 Å². The lowest BCUT2D eigenvalue weighted by Gasteiger charge is -2.22. The zero-order valence-electron chi connectivity index (χ0n) is 9.47. The Bertz CT molecular complexity index is 128. The largest absolute Gasteiger partial charge is 0.395 e. The standard InChI is InChI=1S/C12H25NO/c1-2-12(10-14)13-9-8-11-6-4-3-5-7-11/h11-14H,2-10H2,1H3. The lowest BCUT2D eigenvalue weighted by atomic mass is 9.87. The molecule has 0 bridgehead atoms. The Morgan fingerprint density at radius 1 is 1.29 bits per heavy atom. The molecule has 0 aromatic carbocycles. The summed E-state index contributed by atoms with van der Waals surface area (Å²) in [6.07, 6.45) is 9.49. The fourth-order valence-corrected chi connectivity index (χ4v) is 2.31. The first-order chi connectivity index (χ1) is 6.86. The molecule has 0 aliphatic heterocycles. The number of aliphatic hydroxyl groups excluding tert-OH is 1. The van der Waals surface area contributed by atoms with Gasteiger partial charge in [-0.15, -0.1) is 0 Å². The Morgan fingerprint density at radius 2 is 2.00 bits per heavy atom. The fourth-order valence-electron chi connectivity index (χ4n) is 2.31. The van der Waals surface area contributed by atoms with E-state index in [0.29, 0.717) is 6.04 Å². The number of nitrogens with one attached hydrogen (secondary N) is 1. The highest BCUT2D eigenvalue weighted by molar-refractivity contribution is 4.69. The predicted molar refractivity (Wildman–Crippen MR) is 60.4 cm³/mol. The summed E-state index contributed by atoms with van der Waals surface area (Å²) >= 11 is 0. The zero-order valence-corrected chi connectivity index (χ0v) is 9.47. The van der Waals surface area contributed by atoms with Crippen molar-refractivity contribution in [3.8, 4) is 0 Å². The van der Waals surface area contributed by atoms with E-state index in [0.717, 1.165) is 18.9 Å². The first kappa shape index (κ1) is 12.0. The number of hydrogen-bond donors (Lipinski definition) is 2. The van der Waals surface area contributed by atoms with Crippen molar-refractivity contribution in [3.63, 3.8) is 0 Å². The van der Waals surface area contributed by atoms with Crippen LogP contribution in [0.15, 0.2) is 0 Å². The van der Waals surface area contributed by atoms with Gasteiger partial charge in [-0.25, -0.2) is 0 Å². The molecule has 0 radical (unpaired) electrons. The second kappa shape index (κ2) is 7.24. The molecule has 0 amide bonds. The van der Waals surface area contributed by atoms with Gasteiger partial charge in [0.15, 0.2) is 0 Å². The fraction of sp³-hybridized carbons (Fsp3) is 1.00. The van der Waals surface area contributed by atoms with Gasteiger partial charge < -0.3 is 10.4 Å². The lowest BCUT2D eigenvalue weighted by Crippen LogP contribution is -2.33. The summed E-state index contributed by atoms with van der Waals surface area (Å²) in [7, 11) is 0. The van der Waals surface area contributed by atoms with Crippen molar-refractivity contribution < 1.29 is 5.11 Å². The van der Waals surface area contributed by atoms with Crippen molar-refractivity contribution in [2.45, 2.75) is 57.9 Å². The van der Waals surface area contributed by atoms with Gasteiger partial charge in [-0.1, -0.05) is 39.0 Å². The monoisotopic (exact) mass is 199 g/mol. The molecule has 1 fully saturated rings. The maximum Gasteiger partial charge on any atom is 0.0584 e. The van der Waals surface area contributed by atoms with E-state index in [4.69, 9.17) is 5.11 Å². The highest BCUT2D eigenvalue weighted by atomic mass is 16.3. The van der Waals surface area contributed by atoms with E-state index in [-0.39, 0.29) is 6.61 Å². The quantitative estimate of drug-likeness (QED) is 0.688. The average molecular weight is 199 g/mol. The number of rotatable bonds is 6. The average Bonchev–Trinajstić information content (AvgIpc) is 2.26. The molecule has 0 heterocycles. The van der Waals surface area contributed by atoms with E-state index in [1.165, 1.54) is 38.5 Å². The van der Waals surface area contributed by atoms with E-state index >= 15 is 0 Å². The summed E-state index contributed by atoms with van der Waals surface area (Å²) in [6.45, 7) is 3.49. The molecule has 0 aromatic heterocycles. The molecule has 0 spiro atoms. The minimum Gasteiger partial charge on any atom is -0.395 e. The van der Waals surface area contributed by atoms with E-state index in [2.05, 4.69) is 12.2 Å². The first-order valence-electron chi connectivity index (χ1n) is 6.21. The summed E-state index contributed by atoms with van der Waals surface area (Å²) in [5.74, 6) is 0.951. The smallest absolute Gasteiger partial charge is 0.0584 e. The van der Waals surface area contributed by atoms with Crippen LogP contribution in [0.5, 0.6) is 0 Å². The summed E-state index contributed by atoms with van der Waals surface area (Å²) < 4.78 is 0. The minimum absolute atomic E-state index is 0.279. The molecular weight excluding hydrogens is 174 g/mol. The molecule has 0 aromatic rings. The molecule has 1 aliphatic carbocycles. The van der Waals surface area contributed by atoms with Gasteiger partial charge in [-0.05, 0) is 25.3 Å². The van der Waals surface area contributed by atoms with Gasteiger partial charge in [-0.3, -0.25) is 0 Å². The predicted octanol–water partition coefficient (Wildman–Crippen LogP) is 2.32. The Kier molecular flexibility index (Phi) is 6.20. The molecule has 1 atom stereocenters. The molecule has 14 heavy (non-hydrogen) atoms. The Balaban J connectivity index is 2.01. The summed E-state index contributed by atoms with van der Waals surface area (Å²) in [4.78, 5) is 0. The second-order valence-electron chi connectivity index (χ2n) is 4.53. The van der Waals surface area contributed by atoms with E-state index < -0.39 is 0 Å². The first-order valence-corrected chi connectivity index (χ1v) is 6.21. The molecule has 2 nitrogen and oxygen atoms in total. The molecule has 2 N–H and O–H groups in total. The van der Waals surface area contributed by atoms with Crippen LogP contribution in [-0.2, 0) is 0 Å². The van der Waals surface area contributed by atoms with Gasteiger partial charge in [-0.2, -0.15) is 0 Å². The number of hydrogen-bond acceptors (Lipinski definition) is 2. The van der Waals surface area contributed by atoms with E-state index in [1.54, 1.807) is 0 Å². The van der Waals surface area contributed by atoms with Crippen molar-refractivity contribution in [1.82, 2.24) is 5.32 Å².